The number of amides is 2. The van der Waals surface area contributed by atoms with Crippen molar-refractivity contribution in [2.75, 3.05) is 13.1 Å². The van der Waals surface area contributed by atoms with Crippen LogP contribution in [0.3, 0.4) is 0 Å². The summed E-state index contributed by atoms with van der Waals surface area (Å²) in [5.74, 6) is -0.715. The Morgan fingerprint density at radius 3 is 1.31 bits per heavy atom. The molecule has 0 aliphatic carbocycles. The third-order valence-electron chi connectivity index (χ3n) is 5.07. The van der Waals surface area contributed by atoms with Crippen LogP contribution in [0.1, 0.15) is 116 Å². The molecule has 6 nitrogen and oxygen atoms in total. The molecule has 0 saturated carbocycles. The smallest absolute Gasteiger partial charge is 0.305 e. The van der Waals surface area contributed by atoms with Crippen molar-refractivity contribution in [3.05, 3.63) is 0 Å². The van der Waals surface area contributed by atoms with Crippen LogP contribution in [-0.2, 0) is 14.4 Å². The highest BCUT2D eigenvalue weighted by atomic mass is 16.4. The minimum atomic E-state index is -0.882. The first-order valence-electron chi connectivity index (χ1n) is 11.8. The lowest BCUT2D eigenvalue weighted by molar-refractivity contribution is -0.137. The maximum Gasteiger partial charge on any atom is 0.305 e. The molecule has 170 valence electrons. The van der Waals surface area contributed by atoms with E-state index >= 15 is 0 Å². The summed E-state index contributed by atoms with van der Waals surface area (Å²) in [6.07, 6.45) is 17.5. The maximum atomic E-state index is 11.6. The van der Waals surface area contributed by atoms with Gasteiger partial charge in [0, 0.05) is 25.9 Å². The molecule has 0 aliphatic rings. The van der Waals surface area contributed by atoms with Crippen molar-refractivity contribution in [3.63, 3.8) is 0 Å². The Morgan fingerprint density at radius 1 is 0.552 bits per heavy atom. The van der Waals surface area contributed by atoms with Crippen molar-refractivity contribution in [3.8, 4) is 0 Å². The minimum absolute atomic E-state index is 0.0119. The molecule has 0 saturated heterocycles. The molecule has 0 heterocycles. The summed E-state index contributed by atoms with van der Waals surface area (Å²) in [7, 11) is 0. The zero-order chi connectivity index (χ0) is 21.6. The fourth-order valence-electron chi connectivity index (χ4n) is 3.23. The van der Waals surface area contributed by atoms with Crippen LogP contribution in [0.5, 0.6) is 0 Å². The quantitative estimate of drug-likeness (QED) is 0.232. The summed E-state index contributed by atoms with van der Waals surface area (Å²) in [4.78, 5) is 33.4. The largest absolute Gasteiger partial charge is 0.481 e. The van der Waals surface area contributed by atoms with Gasteiger partial charge >= 0.3 is 5.97 Å². The number of carboxylic acids is 1. The van der Waals surface area contributed by atoms with Crippen LogP contribution in [0.2, 0.25) is 0 Å². The molecule has 2 amide bonds. The number of aliphatic carboxylic acids is 1. The minimum Gasteiger partial charge on any atom is -0.481 e. The number of nitrogens with one attached hydrogen (secondary N) is 2. The van der Waals surface area contributed by atoms with E-state index in [0.29, 0.717) is 12.8 Å². The van der Waals surface area contributed by atoms with Crippen molar-refractivity contribution >= 4 is 17.8 Å². The highest BCUT2D eigenvalue weighted by Gasteiger charge is 2.03. The number of hydrogen-bond acceptors (Lipinski definition) is 3. The number of unbranched alkanes of at least 4 members (excludes halogenated alkanes) is 12. The van der Waals surface area contributed by atoms with Gasteiger partial charge in [-0.15, -0.1) is 0 Å². The average Bonchev–Trinajstić information content (AvgIpc) is 2.68. The predicted molar refractivity (Wildman–Crippen MR) is 118 cm³/mol. The summed E-state index contributed by atoms with van der Waals surface area (Å²) < 4.78 is 0. The van der Waals surface area contributed by atoms with Crippen LogP contribution in [0, 0.1) is 0 Å². The van der Waals surface area contributed by atoms with Gasteiger partial charge in [-0.05, 0) is 19.3 Å². The highest BCUT2D eigenvalue weighted by Crippen LogP contribution is 2.13. The van der Waals surface area contributed by atoms with Gasteiger partial charge < -0.3 is 15.7 Å². The van der Waals surface area contributed by atoms with Gasteiger partial charge in [-0.25, -0.2) is 0 Å². The van der Waals surface area contributed by atoms with E-state index in [2.05, 4.69) is 17.6 Å². The zero-order valence-corrected chi connectivity index (χ0v) is 18.6. The Balaban J connectivity index is 3.19. The van der Waals surface area contributed by atoms with Crippen LogP contribution in [0.4, 0.5) is 0 Å². The molecule has 29 heavy (non-hydrogen) atoms. The second kappa shape index (κ2) is 21.1. The fraction of sp³-hybridized carbons (Fsp3) is 0.870. The molecule has 0 rings (SSSR count). The van der Waals surface area contributed by atoms with Crippen LogP contribution in [0.15, 0.2) is 0 Å². The van der Waals surface area contributed by atoms with Crippen LogP contribution < -0.4 is 10.6 Å². The van der Waals surface area contributed by atoms with E-state index in [0.717, 1.165) is 45.1 Å². The summed E-state index contributed by atoms with van der Waals surface area (Å²) in [5, 5.41) is 14.1. The van der Waals surface area contributed by atoms with E-state index in [1.165, 1.54) is 51.4 Å². The fourth-order valence-corrected chi connectivity index (χ4v) is 3.23. The molecule has 0 aliphatic heterocycles. The molecular formula is C23H44N2O4. The standard InChI is InChI=1S/C23H44N2O4/c1-2-3-19-24-21(26)16-14-12-10-8-6-4-5-7-9-11-13-15-17-22(27)25-20-18-23(28)29/h2-20H2,1H3,(H,24,26)(H,25,27)(H,28,29). The lowest BCUT2D eigenvalue weighted by Gasteiger charge is -2.05. The summed E-state index contributed by atoms with van der Waals surface area (Å²) in [5.41, 5.74) is 0. The van der Waals surface area contributed by atoms with E-state index in [-0.39, 0.29) is 24.8 Å². The van der Waals surface area contributed by atoms with Crippen molar-refractivity contribution in [2.24, 2.45) is 0 Å². The van der Waals surface area contributed by atoms with Gasteiger partial charge in [0.05, 0.1) is 6.42 Å². The first-order chi connectivity index (χ1) is 14.1. The van der Waals surface area contributed by atoms with Crippen molar-refractivity contribution in [1.29, 1.82) is 0 Å². The molecule has 0 aromatic rings. The second-order valence-electron chi connectivity index (χ2n) is 7.94. The van der Waals surface area contributed by atoms with Gasteiger partial charge in [0.25, 0.3) is 0 Å². The SMILES string of the molecule is CCCCNC(=O)CCCCCCCCCCCCCCC(=O)NCCC(=O)O. The van der Waals surface area contributed by atoms with E-state index in [9.17, 15) is 14.4 Å². The van der Waals surface area contributed by atoms with E-state index in [1.807, 2.05) is 0 Å². The van der Waals surface area contributed by atoms with Gasteiger partial charge in [0.15, 0.2) is 0 Å². The average molecular weight is 413 g/mol. The van der Waals surface area contributed by atoms with Crippen molar-refractivity contribution in [2.45, 2.75) is 116 Å². The first-order valence-corrected chi connectivity index (χ1v) is 11.8. The third kappa shape index (κ3) is 22.6. The molecule has 0 aromatic carbocycles. The highest BCUT2D eigenvalue weighted by molar-refractivity contribution is 5.76. The van der Waals surface area contributed by atoms with Crippen molar-refractivity contribution < 1.29 is 19.5 Å². The van der Waals surface area contributed by atoms with Crippen molar-refractivity contribution in [1.82, 2.24) is 10.6 Å². The van der Waals surface area contributed by atoms with Gasteiger partial charge in [0.2, 0.25) is 11.8 Å². The Kier molecular flexibility index (Phi) is 20.0. The molecule has 0 spiro atoms. The molecule has 0 bridgehead atoms. The third-order valence-corrected chi connectivity index (χ3v) is 5.07. The van der Waals surface area contributed by atoms with E-state index in [1.54, 1.807) is 0 Å². The van der Waals surface area contributed by atoms with Gasteiger partial charge in [-0.1, -0.05) is 77.6 Å². The van der Waals surface area contributed by atoms with Gasteiger partial charge in [-0.3, -0.25) is 14.4 Å². The molecule has 0 atom stereocenters. The first kappa shape index (κ1) is 27.4. The Morgan fingerprint density at radius 2 is 0.931 bits per heavy atom. The molecule has 6 heteroatoms. The Labute approximate surface area is 177 Å². The molecule has 3 N–H and O–H groups in total. The second-order valence-corrected chi connectivity index (χ2v) is 7.94. The Hall–Kier alpha value is -1.59. The lowest BCUT2D eigenvalue weighted by atomic mass is 10.0. The summed E-state index contributed by atoms with van der Waals surface area (Å²) >= 11 is 0. The topological polar surface area (TPSA) is 95.5 Å². The van der Waals surface area contributed by atoms with Gasteiger partial charge in [-0.2, -0.15) is 0 Å². The van der Waals surface area contributed by atoms with Crippen LogP contribution in [0.25, 0.3) is 0 Å². The van der Waals surface area contributed by atoms with Gasteiger partial charge in [0.1, 0.15) is 0 Å². The molecular weight excluding hydrogens is 368 g/mol. The normalized spacial score (nSPS) is 10.7. The number of hydrogen-bond donors (Lipinski definition) is 3. The molecule has 0 fully saturated rings. The maximum absolute atomic E-state index is 11.6. The number of carboxylic acid groups (broad SMARTS) is 1. The number of rotatable bonds is 21. The molecule has 0 radical (unpaired) electrons. The Bertz CT molecular complexity index is 427. The lowest BCUT2D eigenvalue weighted by Crippen LogP contribution is -2.25. The predicted octanol–water partition coefficient (Wildman–Crippen LogP) is 4.96. The summed E-state index contributed by atoms with van der Waals surface area (Å²) in [6.45, 7) is 3.17. The summed E-state index contributed by atoms with van der Waals surface area (Å²) in [6, 6.07) is 0. The van der Waals surface area contributed by atoms with E-state index in [4.69, 9.17) is 5.11 Å². The molecule has 0 aromatic heterocycles. The monoisotopic (exact) mass is 412 g/mol. The number of carbonyl (C=O) groups excluding carboxylic acids is 2. The van der Waals surface area contributed by atoms with Crippen LogP contribution in [-0.4, -0.2) is 36.0 Å². The van der Waals surface area contributed by atoms with Crippen LogP contribution >= 0.6 is 0 Å². The molecule has 0 unspecified atom stereocenters. The zero-order valence-electron chi connectivity index (χ0n) is 18.6. The van der Waals surface area contributed by atoms with E-state index < -0.39 is 5.97 Å². The number of carbonyl (C=O) groups is 3.